The van der Waals surface area contributed by atoms with Crippen LogP contribution in [0.4, 0.5) is 18.9 Å². The maximum atomic E-state index is 12.8. The zero-order valence-corrected chi connectivity index (χ0v) is 12.0. The van der Waals surface area contributed by atoms with E-state index in [4.69, 9.17) is 17.3 Å². The molecule has 2 nitrogen and oxygen atoms in total. The molecule has 0 radical (unpaired) electrons. The van der Waals surface area contributed by atoms with Crippen LogP contribution < -0.4 is 10.6 Å². The summed E-state index contributed by atoms with van der Waals surface area (Å²) in [6, 6.07) is 5.17. The molecule has 2 atom stereocenters. The van der Waals surface area contributed by atoms with E-state index in [1.165, 1.54) is 0 Å². The van der Waals surface area contributed by atoms with Gasteiger partial charge >= 0.3 is 6.18 Å². The molecule has 2 rings (SSSR count). The van der Waals surface area contributed by atoms with Gasteiger partial charge in [-0.1, -0.05) is 17.7 Å². The zero-order valence-electron chi connectivity index (χ0n) is 11.3. The topological polar surface area (TPSA) is 29.3 Å². The summed E-state index contributed by atoms with van der Waals surface area (Å²) >= 11 is 6.19. The fourth-order valence-corrected chi connectivity index (χ4v) is 2.83. The molecule has 0 aromatic heterocycles. The van der Waals surface area contributed by atoms with Crippen LogP contribution in [0.1, 0.15) is 31.4 Å². The highest BCUT2D eigenvalue weighted by Gasteiger charge is 2.42. The van der Waals surface area contributed by atoms with Gasteiger partial charge in [0.25, 0.3) is 0 Å². The zero-order chi connectivity index (χ0) is 14.9. The average molecular weight is 307 g/mol. The van der Waals surface area contributed by atoms with E-state index in [1.807, 2.05) is 13.0 Å². The van der Waals surface area contributed by atoms with Gasteiger partial charge in [-0.15, -0.1) is 0 Å². The second-order valence-electron chi connectivity index (χ2n) is 5.33. The molecule has 1 aliphatic heterocycles. The van der Waals surface area contributed by atoms with E-state index in [9.17, 15) is 13.2 Å². The van der Waals surface area contributed by atoms with E-state index in [2.05, 4.69) is 0 Å². The molecule has 0 bridgehead atoms. The molecule has 1 saturated heterocycles. The molecule has 0 spiro atoms. The first kappa shape index (κ1) is 15.4. The Morgan fingerprint density at radius 1 is 1.40 bits per heavy atom. The van der Waals surface area contributed by atoms with Gasteiger partial charge < -0.3 is 10.6 Å². The average Bonchev–Trinajstić information content (AvgIpc) is 2.37. The van der Waals surface area contributed by atoms with Crippen molar-refractivity contribution in [2.45, 2.75) is 32.0 Å². The molecule has 0 saturated carbocycles. The fraction of sp³-hybridized carbons (Fsp3) is 0.571. The Balaban J connectivity index is 2.19. The minimum absolute atomic E-state index is 0.0270. The third-order valence-electron chi connectivity index (χ3n) is 3.72. The molecule has 2 N–H and O–H groups in total. The molecular weight excluding hydrogens is 289 g/mol. The summed E-state index contributed by atoms with van der Waals surface area (Å²) in [6.45, 7) is 2.41. The van der Waals surface area contributed by atoms with Gasteiger partial charge in [0, 0.05) is 19.1 Å². The van der Waals surface area contributed by atoms with E-state index in [0.717, 1.165) is 5.56 Å². The highest BCUT2D eigenvalue weighted by molar-refractivity contribution is 6.33. The molecule has 1 fully saturated rings. The van der Waals surface area contributed by atoms with Crippen molar-refractivity contribution in [1.82, 2.24) is 0 Å². The first-order valence-corrected chi connectivity index (χ1v) is 7.03. The summed E-state index contributed by atoms with van der Waals surface area (Å²) in [5.41, 5.74) is 7.30. The van der Waals surface area contributed by atoms with Gasteiger partial charge in [-0.3, -0.25) is 0 Å². The van der Waals surface area contributed by atoms with Crippen molar-refractivity contribution in [3.8, 4) is 0 Å². The Bertz CT molecular complexity index is 474. The van der Waals surface area contributed by atoms with Crippen LogP contribution in [-0.2, 0) is 0 Å². The summed E-state index contributed by atoms with van der Waals surface area (Å²) in [5.74, 6) is -1.28. The van der Waals surface area contributed by atoms with E-state index in [0.29, 0.717) is 23.7 Å². The summed E-state index contributed by atoms with van der Waals surface area (Å²) < 4.78 is 38.5. The van der Waals surface area contributed by atoms with Crippen LogP contribution in [0.2, 0.25) is 5.02 Å². The van der Waals surface area contributed by atoms with Gasteiger partial charge in [0.05, 0.1) is 16.6 Å². The van der Waals surface area contributed by atoms with E-state index >= 15 is 0 Å². The Kier molecular flexibility index (Phi) is 4.49. The lowest BCUT2D eigenvalue weighted by Crippen LogP contribution is -2.41. The Hall–Kier alpha value is -0.940. The third kappa shape index (κ3) is 3.38. The van der Waals surface area contributed by atoms with Crippen molar-refractivity contribution >= 4 is 17.3 Å². The number of hydrogen-bond acceptors (Lipinski definition) is 2. The Labute approximate surface area is 121 Å². The van der Waals surface area contributed by atoms with Crippen LogP contribution in [0.15, 0.2) is 18.2 Å². The molecule has 1 heterocycles. The van der Waals surface area contributed by atoms with Crippen molar-refractivity contribution in [3.05, 3.63) is 28.8 Å². The molecule has 1 aromatic rings. The molecule has 20 heavy (non-hydrogen) atoms. The van der Waals surface area contributed by atoms with Crippen LogP contribution in [0.5, 0.6) is 0 Å². The predicted octanol–water partition coefficient (Wildman–Crippen LogP) is 4.14. The summed E-state index contributed by atoms with van der Waals surface area (Å²) in [6.07, 6.45) is -3.43. The molecule has 1 unspecified atom stereocenters. The predicted molar refractivity (Wildman–Crippen MR) is 75.0 cm³/mol. The van der Waals surface area contributed by atoms with Gasteiger partial charge in [0.15, 0.2) is 0 Å². The van der Waals surface area contributed by atoms with E-state index in [-0.39, 0.29) is 19.0 Å². The summed E-state index contributed by atoms with van der Waals surface area (Å²) in [7, 11) is 0. The number of alkyl halides is 3. The van der Waals surface area contributed by atoms with E-state index < -0.39 is 12.1 Å². The Morgan fingerprint density at radius 3 is 2.65 bits per heavy atom. The van der Waals surface area contributed by atoms with Gasteiger partial charge in [0.2, 0.25) is 0 Å². The lowest BCUT2D eigenvalue weighted by Gasteiger charge is -2.35. The monoisotopic (exact) mass is 306 g/mol. The van der Waals surface area contributed by atoms with Crippen molar-refractivity contribution in [1.29, 1.82) is 0 Å². The van der Waals surface area contributed by atoms with E-state index in [1.54, 1.807) is 17.0 Å². The molecule has 1 aliphatic rings. The number of nitrogens with zero attached hydrogens (tertiary/aromatic N) is 1. The maximum Gasteiger partial charge on any atom is 0.393 e. The van der Waals surface area contributed by atoms with Crippen molar-refractivity contribution < 1.29 is 13.2 Å². The fourth-order valence-electron chi connectivity index (χ4n) is 2.53. The quantitative estimate of drug-likeness (QED) is 0.890. The van der Waals surface area contributed by atoms with Crippen LogP contribution in [0, 0.1) is 5.92 Å². The maximum absolute atomic E-state index is 12.8. The molecular formula is C14H18ClF3N2. The SMILES string of the molecule is C[C@H](N)c1ccc(N2CCCC(C(F)(F)F)C2)c(Cl)c1. The first-order valence-electron chi connectivity index (χ1n) is 6.65. The molecule has 6 heteroatoms. The second-order valence-corrected chi connectivity index (χ2v) is 5.73. The number of nitrogens with two attached hydrogens (primary N) is 1. The van der Waals surface area contributed by atoms with Crippen LogP contribution in [0.3, 0.4) is 0 Å². The highest BCUT2D eigenvalue weighted by atomic mass is 35.5. The number of anilines is 1. The van der Waals surface area contributed by atoms with Crippen LogP contribution >= 0.6 is 11.6 Å². The number of benzene rings is 1. The minimum atomic E-state index is -4.14. The first-order chi connectivity index (χ1) is 9.29. The minimum Gasteiger partial charge on any atom is -0.370 e. The summed E-state index contributed by atoms with van der Waals surface area (Å²) in [5, 5.41) is 0.461. The normalized spacial score (nSPS) is 21.9. The van der Waals surface area contributed by atoms with Gasteiger partial charge in [-0.25, -0.2) is 0 Å². The van der Waals surface area contributed by atoms with Crippen LogP contribution in [0.25, 0.3) is 0 Å². The molecule has 0 amide bonds. The largest absolute Gasteiger partial charge is 0.393 e. The van der Waals surface area contributed by atoms with Gasteiger partial charge in [0.1, 0.15) is 0 Å². The van der Waals surface area contributed by atoms with Crippen molar-refractivity contribution in [3.63, 3.8) is 0 Å². The Morgan fingerprint density at radius 2 is 2.10 bits per heavy atom. The van der Waals surface area contributed by atoms with Crippen molar-refractivity contribution in [2.75, 3.05) is 18.0 Å². The molecule has 112 valence electrons. The molecule has 1 aromatic carbocycles. The lowest BCUT2D eigenvalue weighted by atomic mass is 9.96. The third-order valence-corrected chi connectivity index (χ3v) is 4.03. The smallest absolute Gasteiger partial charge is 0.370 e. The summed E-state index contributed by atoms with van der Waals surface area (Å²) in [4.78, 5) is 1.72. The molecule has 0 aliphatic carbocycles. The number of hydrogen-bond donors (Lipinski definition) is 1. The second kappa shape index (κ2) is 5.82. The van der Waals surface area contributed by atoms with Gasteiger partial charge in [-0.2, -0.15) is 13.2 Å². The van der Waals surface area contributed by atoms with Gasteiger partial charge in [-0.05, 0) is 37.5 Å². The number of rotatable bonds is 2. The van der Waals surface area contributed by atoms with Crippen LogP contribution in [-0.4, -0.2) is 19.3 Å². The number of halogens is 4. The number of piperidine rings is 1. The van der Waals surface area contributed by atoms with Crippen molar-refractivity contribution in [2.24, 2.45) is 11.7 Å². The highest BCUT2D eigenvalue weighted by Crippen LogP contribution is 2.37. The standard InChI is InChI=1S/C14H18ClF3N2/c1-9(19)10-4-5-13(12(15)7-10)20-6-2-3-11(8-20)14(16,17)18/h4-5,7,9,11H,2-3,6,8,19H2,1H3/t9-,11?/m0/s1. The lowest BCUT2D eigenvalue weighted by molar-refractivity contribution is -0.175.